The first-order valence-electron chi connectivity index (χ1n) is 10.1. The van der Waals surface area contributed by atoms with Crippen LogP contribution in [0.25, 0.3) is 10.9 Å². The van der Waals surface area contributed by atoms with Gasteiger partial charge in [-0.05, 0) is 87.8 Å². The second-order valence-corrected chi connectivity index (χ2v) is 8.55. The van der Waals surface area contributed by atoms with E-state index in [1.165, 1.54) is 54.3 Å². The third-order valence-corrected chi connectivity index (χ3v) is 6.24. The van der Waals surface area contributed by atoms with Gasteiger partial charge in [-0.2, -0.15) is 0 Å². The molecule has 2 amide bonds. The second kappa shape index (κ2) is 9.51. The highest BCUT2D eigenvalue weighted by atomic mass is 32.2. The number of hydrogen-bond acceptors (Lipinski definition) is 3. The number of hydrogen-bond donors (Lipinski definition) is 3. The van der Waals surface area contributed by atoms with Crippen LogP contribution in [0, 0.1) is 0 Å². The van der Waals surface area contributed by atoms with Gasteiger partial charge in [0.2, 0.25) is 0 Å². The molecule has 1 aromatic heterocycles. The lowest BCUT2D eigenvalue weighted by Crippen LogP contribution is -2.37. The summed E-state index contributed by atoms with van der Waals surface area (Å²) in [5, 5.41) is 4.17. The summed E-state index contributed by atoms with van der Waals surface area (Å²) in [6, 6.07) is 6.88. The Hall–Kier alpha value is -1.66. The molecule has 0 atom stereocenters. The fourth-order valence-electron chi connectivity index (χ4n) is 3.77. The molecular weight excluding hydrogens is 356 g/mol. The Morgan fingerprint density at radius 3 is 2.81 bits per heavy atom. The van der Waals surface area contributed by atoms with E-state index in [9.17, 15) is 4.79 Å². The standard InChI is InChI=1S/C21H32N4OS/c1-4-5-10-22-21(26)24-27-17-6-7-20-18(13-17)19(14-23-20)16-8-11-25(12-9-16)15(2)3/h6-7,13-16,23H,4-5,8-12H2,1-3H3,(H2,22,24,26). The molecule has 2 heterocycles. The van der Waals surface area contributed by atoms with Gasteiger partial charge in [-0.1, -0.05) is 13.3 Å². The number of nitrogens with one attached hydrogen (secondary N) is 3. The number of aromatic nitrogens is 1. The largest absolute Gasteiger partial charge is 0.361 e. The topological polar surface area (TPSA) is 60.2 Å². The van der Waals surface area contributed by atoms with Crippen LogP contribution in [0.15, 0.2) is 29.3 Å². The predicted molar refractivity (Wildman–Crippen MR) is 114 cm³/mol. The number of H-pyrrole nitrogens is 1. The summed E-state index contributed by atoms with van der Waals surface area (Å²) in [6.45, 7) is 9.73. The Morgan fingerprint density at radius 2 is 2.11 bits per heavy atom. The number of nitrogens with zero attached hydrogens (tertiary/aromatic N) is 1. The van der Waals surface area contributed by atoms with Gasteiger partial charge in [-0.15, -0.1) is 0 Å². The molecule has 3 rings (SSSR count). The van der Waals surface area contributed by atoms with Crippen LogP contribution in [0.4, 0.5) is 4.79 Å². The molecular formula is C21H32N4OS. The van der Waals surface area contributed by atoms with Crippen LogP contribution in [0.1, 0.15) is 57.9 Å². The SMILES string of the molecule is CCCCNC(=O)NSc1ccc2[nH]cc(C3CCN(C(C)C)CC3)c2c1. The molecule has 1 saturated heterocycles. The van der Waals surface area contributed by atoms with Gasteiger partial charge in [0.1, 0.15) is 0 Å². The van der Waals surface area contributed by atoms with Gasteiger partial charge in [0.25, 0.3) is 0 Å². The lowest BCUT2D eigenvalue weighted by atomic mass is 9.89. The maximum absolute atomic E-state index is 11.9. The van der Waals surface area contributed by atoms with Gasteiger partial charge in [-0.25, -0.2) is 4.79 Å². The lowest BCUT2D eigenvalue weighted by Gasteiger charge is -2.34. The van der Waals surface area contributed by atoms with E-state index < -0.39 is 0 Å². The molecule has 0 saturated carbocycles. The van der Waals surface area contributed by atoms with Crippen molar-refractivity contribution in [2.75, 3.05) is 19.6 Å². The Labute approximate surface area is 166 Å². The van der Waals surface area contributed by atoms with Gasteiger partial charge in [0.15, 0.2) is 0 Å². The van der Waals surface area contributed by atoms with Crippen molar-refractivity contribution in [2.45, 2.75) is 63.3 Å². The molecule has 1 aliphatic heterocycles. The highest BCUT2D eigenvalue weighted by Gasteiger charge is 2.24. The number of rotatable bonds is 7. The molecule has 3 N–H and O–H groups in total. The average Bonchev–Trinajstić information content (AvgIpc) is 3.10. The number of unbranched alkanes of at least 4 members (excludes halogenated alkanes) is 1. The number of piperidine rings is 1. The Bertz CT molecular complexity index is 750. The van der Waals surface area contributed by atoms with Crippen molar-refractivity contribution >= 4 is 28.9 Å². The van der Waals surface area contributed by atoms with E-state index in [2.05, 4.69) is 65.1 Å². The van der Waals surface area contributed by atoms with Gasteiger partial charge in [0, 0.05) is 34.6 Å². The number of carbonyl (C=O) groups excluding carboxylic acids is 1. The quantitative estimate of drug-likeness (QED) is 0.469. The van der Waals surface area contributed by atoms with E-state index in [-0.39, 0.29) is 6.03 Å². The second-order valence-electron chi connectivity index (χ2n) is 7.67. The number of fused-ring (bicyclic) bond motifs is 1. The van der Waals surface area contributed by atoms with E-state index in [1.807, 2.05) is 0 Å². The van der Waals surface area contributed by atoms with Crippen LogP contribution in [0.3, 0.4) is 0 Å². The molecule has 1 fully saturated rings. The molecule has 0 unspecified atom stereocenters. The number of carbonyl (C=O) groups is 1. The number of urea groups is 1. The molecule has 1 aromatic carbocycles. The lowest BCUT2D eigenvalue weighted by molar-refractivity contribution is 0.172. The zero-order chi connectivity index (χ0) is 19.2. The minimum absolute atomic E-state index is 0.121. The summed E-state index contributed by atoms with van der Waals surface area (Å²) in [5.41, 5.74) is 2.59. The monoisotopic (exact) mass is 388 g/mol. The zero-order valence-electron chi connectivity index (χ0n) is 16.7. The van der Waals surface area contributed by atoms with Crippen LogP contribution >= 0.6 is 11.9 Å². The normalized spacial score (nSPS) is 16.1. The van der Waals surface area contributed by atoms with E-state index in [4.69, 9.17) is 0 Å². The average molecular weight is 389 g/mol. The highest BCUT2D eigenvalue weighted by molar-refractivity contribution is 7.98. The Kier molecular flexibility index (Phi) is 7.07. The van der Waals surface area contributed by atoms with Crippen LogP contribution in [0.2, 0.25) is 0 Å². The number of amides is 2. The van der Waals surface area contributed by atoms with E-state index in [1.54, 1.807) is 0 Å². The fourth-order valence-corrected chi connectivity index (χ4v) is 4.37. The third kappa shape index (κ3) is 5.20. The van der Waals surface area contributed by atoms with Crippen molar-refractivity contribution < 1.29 is 4.79 Å². The predicted octanol–water partition coefficient (Wildman–Crippen LogP) is 4.86. The summed E-state index contributed by atoms with van der Waals surface area (Å²) < 4.78 is 2.88. The molecule has 148 valence electrons. The van der Waals surface area contributed by atoms with Crippen LogP contribution < -0.4 is 10.0 Å². The van der Waals surface area contributed by atoms with Crippen molar-refractivity contribution in [3.63, 3.8) is 0 Å². The van der Waals surface area contributed by atoms with Crippen molar-refractivity contribution in [1.29, 1.82) is 0 Å². The molecule has 2 aromatic rings. The van der Waals surface area contributed by atoms with Crippen LogP contribution in [-0.4, -0.2) is 41.6 Å². The van der Waals surface area contributed by atoms with E-state index in [0.717, 1.165) is 24.3 Å². The molecule has 27 heavy (non-hydrogen) atoms. The number of benzene rings is 1. The van der Waals surface area contributed by atoms with E-state index >= 15 is 0 Å². The van der Waals surface area contributed by atoms with Gasteiger partial charge < -0.3 is 15.2 Å². The Morgan fingerprint density at radius 1 is 1.33 bits per heavy atom. The van der Waals surface area contributed by atoms with Gasteiger partial charge in [-0.3, -0.25) is 4.72 Å². The molecule has 6 heteroatoms. The van der Waals surface area contributed by atoms with Crippen LogP contribution in [0.5, 0.6) is 0 Å². The molecule has 0 aliphatic carbocycles. The summed E-state index contributed by atoms with van der Waals surface area (Å²) in [5.74, 6) is 0.610. The summed E-state index contributed by atoms with van der Waals surface area (Å²) in [6.07, 6.45) is 6.68. The first kappa shape index (κ1) is 20.1. The summed E-state index contributed by atoms with van der Waals surface area (Å²) in [4.78, 5) is 18.9. The van der Waals surface area contributed by atoms with Crippen molar-refractivity contribution in [3.8, 4) is 0 Å². The summed E-state index contributed by atoms with van der Waals surface area (Å²) >= 11 is 1.38. The van der Waals surface area contributed by atoms with Crippen molar-refractivity contribution in [1.82, 2.24) is 19.9 Å². The zero-order valence-corrected chi connectivity index (χ0v) is 17.5. The van der Waals surface area contributed by atoms with Gasteiger partial charge in [0.05, 0.1) is 0 Å². The number of aromatic amines is 1. The molecule has 0 spiro atoms. The third-order valence-electron chi connectivity index (χ3n) is 5.46. The maximum Gasteiger partial charge on any atom is 0.325 e. The van der Waals surface area contributed by atoms with E-state index in [0.29, 0.717) is 12.0 Å². The highest BCUT2D eigenvalue weighted by Crippen LogP contribution is 2.35. The summed E-state index contributed by atoms with van der Waals surface area (Å²) in [7, 11) is 0. The van der Waals surface area contributed by atoms with Crippen molar-refractivity contribution in [3.05, 3.63) is 30.0 Å². The first-order chi connectivity index (χ1) is 13.1. The smallest absolute Gasteiger partial charge is 0.325 e. The Balaban J connectivity index is 1.63. The molecule has 0 bridgehead atoms. The minimum atomic E-state index is -0.121. The fraction of sp³-hybridized carbons (Fsp3) is 0.571. The molecule has 1 aliphatic rings. The van der Waals surface area contributed by atoms with Crippen LogP contribution in [-0.2, 0) is 0 Å². The van der Waals surface area contributed by atoms with Crippen molar-refractivity contribution in [2.24, 2.45) is 0 Å². The maximum atomic E-state index is 11.9. The first-order valence-corrected chi connectivity index (χ1v) is 11.0. The molecule has 0 radical (unpaired) electrons. The molecule has 5 nitrogen and oxygen atoms in total. The number of likely N-dealkylation sites (tertiary alicyclic amines) is 1. The van der Waals surface area contributed by atoms with Gasteiger partial charge >= 0.3 is 6.03 Å². The minimum Gasteiger partial charge on any atom is -0.361 e.